The molecule has 1 saturated carbocycles. The van der Waals surface area contributed by atoms with Gasteiger partial charge in [-0.25, -0.2) is 9.78 Å². The molecule has 5 heteroatoms. The molecule has 0 spiro atoms. The lowest BCUT2D eigenvalue weighted by Gasteiger charge is -2.35. The number of carboxylic acid groups (broad SMARTS) is 1. The highest BCUT2D eigenvalue weighted by atomic mass is 16.4. The average molecular weight is 277 g/mol. The number of aromatic nitrogens is 1. The number of hydrogen-bond donors (Lipinski definition) is 2. The lowest BCUT2D eigenvalue weighted by atomic mass is 9.84. The van der Waals surface area contributed by atoms with Gasteiger partial charge in [0.2, 0.25) is 0 Å². The Morgan fingerprint density at radius 1 is 1.45 bits per heavy atom. The number of carboxylic acids is 1. The molecular formula is C15H23N3O2. The molecule has 0 aliphatic heterocycles. The first-order valence-corrected chi connectivity index (χ1v) is 7.24. The highest BCUT2D eigenvalue weighted by molar-refractivity contribution is 5.94. The third kappa shape index (κ3) is 3.03. The molecule has 5 nitrogen and oxygen atoms in total. The molecular weight excluding hydrogens is 254 g/mol. The van der Waals surface area contributed by atoms with Crippen molar-refractivity contribution in [3.63, 3.8) is 0 Å². The molecule has 0 bridgehead atoms. The molecule has 0 aromatic carbocycles. The fraction of sp³-hybridized carbons (Fsp3) is 0.600. The van der Waals surface area contributed by atoms with Gasteiger partial charge >= 0.3 is 5.97 Å². The average Bonchev–Trinajstić information content (AvgIpc) is 2.47. The van der Waals surface area contributed by atoms with Crippen molar-refractivity contribution in [1.29, 1.82) is 0 Å². The Morgan fingerprint density at radius 3 is 2.65 bits per heavy atom. The van der Waals surface area contributed by atoms with E-state index in [2.05, 4.69) is 16.8 Å². The minimum atomic E-state index is -1.01. The van der Waals surface area contributed by atoms with E-state index in [0.717, 1.165) is 18.8 Å². The molecule has 1 aliphatic rings. The van der Waals surface area contributed by atoms with Gasteiger partial charge in [0.15, 0.2) is 0 Å². The van der Waals surface area contributed by atoms with E-state index in [-0.39, 0.29) is 11.3 Å². The molecule has 1 aromatic heterocycles. The molecule has 110 valence electrons. The van der Waals surface area contributed by atoms with E-state index in [1.807, 2.05) is 7.05 Å². The first-order valence-electron chi connectivity index (χ1n) is 7.24. The minimum absolute atomic E-state index is 0.129. The van der Waals surface area contributed by atoms with Crippen LogP contribution in [0.25, 0.3) is 0 Å². The van der Waals surface area contributed by atoms with Crippen molar-refractivity contribution in [2.75, 3.05) is 17.7 Å². The Balaban J connectivity index is 2.11. The maximum absolute atomic E-state index is 11.1. The summed E-state index contributed by atoms with van der Waals surface area (Å²) in [5, 5.41) is 9.12. The maximum atomic E-state index is 11.1. The third-order valence-corrected chi connectivity index (χ3v) is 4.45. The number of hydrogen-bond acceptors (Lipinski definition) is 4. The van der Waals surface area contributed by atoms with E-state index in [0.29, 0.717) is 11.9 Å². The Bertz CT molecular complexity index is 482. The van der Waals surface area contributed by atoms with Crippen molar-refractivity contribution < 1.29 is 9.90 Å². The largest absolute Gasteiger partial charge is 0.478 e. The summed E-state index contributed by atoms with van der Waals surface area (Å²) >= 11 is 0. The zero-order chi connectivity index (χ0) is 14.7. The van der Waals surface area contributed by atoms with Crippen LogP contribution in [0.15, 0.2) is 12.3 Å². The van der Waals surface area contributed by atoms with Gasteiger partial charge in [-0.3, -0.25) is 0 Å². The zero-order valence-corrected chi connectivity index (χ0v) is 12.2. The molecule has 0 radical (unpaired) electrons. The predicted molar refractivity (Wildman–Crippen MR) is 80.0 cm³/mol. The summed E-state index contributed by atoms with van der Waals surface area (Å²) in [5.41, 5.74) is 5.98. The molecule has 1 heterocycles. The van der Waals surface area contributed by atoms with Crippen molar-refractivity contribution in [1.82, 2.24) is 4.98 Å². The molecule has 3 N–H and O–H groups in total. The van der Waals surface area contributed by atoms with Gasteiger partial charge in [0.25, 0.3) is 0 Å². The molecule has 1 aromatic rings. The van der Waals surface area contributed by atoms with Gasteiger partial charge in [-0.2, -0.15) is 0 Å². The first kappa shape index (κ1) is 14.6. The number of nitrogen functional groups attached to an aromatic ring is 1. The number of anilines is 2. The van der Waals surface area contributed by atoms with Crippen LogP contribution in [0.5, 0.6) is 0 Å². The van der Waals surface area contributed by atoms with Crippen LogP contribution >= 0.6 is 0 Å². The van der Waals surface area contributed by atoms with E-state index in [1.165, 1.54) is 25.5 Å². The molecule has 0 unspecified atom stereocenters. The molecule has 2 rings (SSSR count). The highest BCUT2D eigenvalue weighted by Crippen LogP contribution is 2.31. The zero-order valence-electron chi connectivity index (χ0n) is 12.2. The number of carbonyl (C=O) groups is 1. The second-order valence-electron chi connectivity index (χ2n) is 5.63. The third-order valence-electron chi connectivity index (χ3n) is 4.45. The molecule has 0 atom stereocenters. The van der Waals surface area contributed by atoms with Gasteiger partial charge < -0.3 is 15.7 Å². The van der Waals surface area contributed by atoms with Crippen molar-refractivity contribution in [2.24, 2.45) is 5.92 Å². The van der Waals surface area contributed by atoms with Gasteiger partial charge in [0.05, 0.1) is 17.4 Å². The summed E-state index contributed by atoms with van der Waals surface area (Å²) in [5.74, 6) is 0.527. The van der Waals surface area contributed by atoms with Gasteiger partial charge in [-0.05, 0) is 37.7 Å². The van der Waals surface area contributed by atoms with Gasteiger partial charge in [0.1, 0.15) is 5.82 Å². The van der Waals surface area contributed by atoms with Gasteiger partial charge in [-0.1, -0.05) is 13.3 Å². The second-order valence-corrected chi connectivity index (χ2v) is 5.63. The normalized spacial score (nSPS) is 22.5. The predicted octanol–water partition coefficient (Wildman–Crippen LogP) is 2.77. The molecule has 1 aliphatic carbocycles. The van der Waals surface area contributed by atoms with Crippen LogP contribution in [0, 0.1) is 5.92 Å². The van der Waals surface area contributed by atoms with Crippen molar-refractivity contribution >= 4 is 17.5 Å². The Hall–Kier alpha value is -1.78. The van der Waals surface area contributed by atoms with E-state index in [9.17, 15) is 4.79 Å². The Kier molecular flexibility index (Phi) is 4.47. The molecule has 20 heavy (non-hydrogen) atoms. The van der Waals surface area contributed by atoms with Crippen LogP contribution in [0.2, 0.25) is 0 Å². The summed E-state index contributed by atoms with van der Waals surface area (Å²) in [6.45, 7) is 2.25. The van der Waals surface area contributed by atoms with Crippen LogP contribution in [-0.4, -0.2) is 29.1 Å². The highest BCUT2D eigenvalue weighted by Gasteiger charge is 2.24. The number of aromatic carboxylic acids is 1. The SMILES string of the molecule is CCC1CCC(N(C)c2cc(C(=O)O)c(N)cn2)CC1. The summed E-state index contributed by atoms with van der Waals surface area (Å²) in [7, 11) is 1.99. The Labute approximate surface area is 119 Å². The maximum Gasteiger partial charge on any atom is 0.337 e. The van der Waals surface area contributed by atoms with Crippen LogP contribution in [0.1, 0.15) is 49.4 Å². The van der Waals surface area contributed by atoms with E-state index < -0.39 is 5.97 Å². The van der Waals surface area contributed by atoms with Crippen LogP contribution in [-0.2, 0) is 0 Å². The topological polar surface area (TPSA) is 79.5 Å². The van der Waals surface area contributed by atoms with Crippen LogP contribution in [0.3, 0.4) is 0 Å². The van der Waals surface area contributed by atoms with Crippen LogP contribution in [0.4, 0.5) is 11.5 Å². The number of nitrogens with zero attached hydrogens (tertiary/aromatic N) is 2. The minimum Gasteiger partial charge on any atom is -0.478 e. The molecule has 0 amide bonds. The van der Waals surface area contributed by atoms with Gasteiger partial charge in [-0.15, -0.1) is 0 Å². The van der Waals surface area contributed by atoms with Crippen molar-refractivity contribution in [3.05, 3.63) is 17.8 Å². The van der Waals surface area contributed by atoms with E-state index >= 15 is 0 Å². The Morgan fingerprint density at radius 2 is 2.10 bits per heavy atom. The van der Waals surface area contributed by atoms with Crippen molar-refractivity contribution in [3.8, 4) is 0 Å². The fourth-order valence-corrected chi connectivity index (χ4v) is 2.96. The lowest BCUT2D eigenvalue weighted by Crippen LogP contribution is -2.35. The van der Waals surface area contributed by atoms with E-state index in [1.54, 1.807) is 6.07 Å². The summed E-state index contributed by atoms with van der Waals surface area (Å²) in [6, 6.07) is 2.01. The number of nitrogens with two attached hydrogens (primary N) is 1. The fourth-order valence-electron chi connectivity index (χ4n) is 2.96. The van der Waals surface area contributed by atoms with Crippen LogP contribution < -0.4 is 10.6 Å². The van der Waals surface area contributed by atoms with Gasteiger partial charge in [0, 0.05) is 13.1 Å². The number of pyridine rings is 1. The standard InChI is InChI=1S/C15H23N3O2/c1-3-10-4-6-11(7-5-10)18(2)14-8-12(15(19)20)13(16)9-17-14/h8-11H,3-7,16H2,1-2H3,(H,19,20). The lowest BCUT2D eigenvalue weighted by molar-refractivity contribution is 0.0698. The number of rotatable bonds is 4. The second kappa shape index (κ2) is 6.11. The molecule has 0 saturated heterocycles. The summed E-state index contributed by atoms with van der Waals surface area (Å²) in [4.78, 5) is 17.5. The summed E-state index contributed by atoms with van der Waals surface area (Å²) < 4.78 is 0. The van der Waals surface area contributed by atoms with Crippen molar-refractivity contribution in [2.45, 2.75) is 45.1 Å². The molecule has 1 fully saturated rings. The first-order chi connectivity index (χ1) is 9.52. The quantitative estimate of drug-likeness (QED) is 0.884. The van der Waals surface area contributed by atoms with E-state index in [4.69, 9.17) is 10.8 Å². The summed E-state index contributed by atoms with van der Waals surface area (Å²) in [6.07, 6.45) is 7.46. The monoisotopic (exact) mass is 277 g/mol. The smallest absolute Gasteiger partial charge is 0.337 e.